The summed E-state index contributed by atoms with van der Waals surface area (Å²) >= 11 is 1.33. The van der Waals surface area contributed by atoms with Gasteiger partial charge in [-0.25, -0.2) is 4.79 Å². The van der Waals surface area contributed by atoms with Crippen molar-refractivity contribution in [1.82, 2.24) is 19.8 Å². The number of amides is 1. The molecule has 12 nitrogen and oxygen atoms in total. The van der Waals surface area contributed by atoms with Gasteiger partial charge in [0.25, 0.3) is 0 Å². The smallest absolute Gasteiger partial charge is 0.407 e. The highest BCUT2D eigenvalue weighted by molar-refractivity contribution is 7.03. The van der Waals surface area contributed by atoms with Gasteiger partial charge in [-0.2, -0.15) is 0 Å². The number of hydrogen-bond donors (Lipinski definition) is 2. The first kappa shape index (κ1) is 35.1. The Morgan fingerprint density at radius 1 is 1.00 bits per heavy atom. The van der Waals surface area contributed by atoms with E-state index in [0.717, 1.165) is 58.2 Å². The molecule has 4 aromatic rings. The summed E-state index contributed by atoms with van der Waals surface area (Å²) < 4.78 is 38.2. The molecule has 4 heterocycles. The van der Waals surface area contributed by atoms with Crippen LogP contribution in [0.25, 0.3) is 11.3 Å². The Morgan fingerprint density at radius 2 is 1.78 bits per heavy atom. The van der Waals surface area contributed by atoms with Gasteiger partial charge in [-0.05, 0) is 71.2 Å². The van der Waals surface area contributed by atoms with Crippen LogP contribution in [0, 0.1) is 11.8 Å². The second-order valence-electron chi connectivity index (χ2n) is 13.7. The van der Waals surface area contributed by atoms with Gasteiger partial charge in [-0.3, -0.25) is 4.90 Å². The largest absolute Gasteiger partial charge is 0.489 e. The number of rotatable bonds is 15. The number of benzene rings is 3. The number of ether oxygens (including phenoxy) is 6. The summed E-state index contributed by atoms with van der Waals surface area (Å²) in [6.07, 6.45) is -1.03. The second kappa shape index (κ2) is 16.4. The lowest BCUT2D eigenvalue weighted by Crippen LogP contribution is -2.50. The Hall–Kier alpha value is -4.27. The van der Waals surface area contributed by atoms with Gasteiger partial charge >= 0.3 is 6.09 Å². The van der Waals surface area contributed by atoms with Crippen LogP contribution in [0.2, 0.25) is 0 Å². The normalized spacial score (nSPS) is 20.4. The lowest BCUT2D eigenvalue weighted by molar-refractivity contribution is -0.0907. The van der Waals surface area contributed by atoms with Crippen molar-refractivity contribution < 1.29 is 38.3 Å². The average molecular weight is 717 g/mol. The van der Waals surface area contributed by atoms with E-state index in [9.17, 15) is 9.90 Å². The first-order valence-electron chi connectivity index (χ1n) is 17.4. The van der Waals surface area contributed by atoms with Crippen molar-refractivity contribution in [3.05, 3.63) is 88.8 Å². The van der Waals surface area contributed by atoms with Crippen LogP contribution in [-0.4, -0.2) is 83.3 Å². The number of aliphatic hydroxyl groups excluding tert-OH is 1. The van der Waals surface area contributed by atoms with E-state index in [-0.39, 0.29) is 19.0 Å². The SMILES string of the molecule is CC(C)CN(Cc1ccc2c(c1)OCO2)C[C@@H](O)[C@H](Cc1ccc(OCc2ccc(-c3csnn3)cc2)cc1)NC(=O)O[C@H]1CO[C@H]2OCC[C@H]21. The fourth-order valence-corrected chi connectivity index (χ4v) is 7.23. The predicted octanol–water partition coefficient (Wildman–Crippen LogP) is 5.43. The Balaban J connectivity index is 1.01. The summed E-state index contributed by atoms with van der Waals surface area (Å²) in [5, 5.41) is 20.8. The number of aliphatic hydroxyl groups is 1. The Bertz CT molecular complexity index is 1720. The first-order chi connectivity index (χ1) is 24.9. The van der Waals surface area contributed by atoms with Crippen LogP contribution < -0.4 is 19.5 Å². The fraction of sp³-hybridized carbons (Fsp3) is 0.447. The topological polar surface area (TPSA) is 134 Å². The van der Waals surface area contributed by atoms with Crippen molar-refractivity contribution in [3.63, 3.8) is 0 Å². The Morgan fingerprint density at radius 3 is 2.57 bits per heavy atom. The summed E-state index contributed by atoms with van der Waals surface area (Å²) in [6.45, 7) is 7.49. The third kappa shape index (κ3) is 9.16. The van der Waals surface area contributed by atoms with Gasteiger partial charge in [0.15, 0.2) is 17.8 Å². The molecule has 2 fully saturated rings. The molecule has 2 N–H and O–H groups in total. The number of hydrogen-bond acceptors (Lipinski definition) is 12. The molecule has 2 saturated heterocycles. The number of fused-ring (bicyclic) bond motifs is 2. The Labute approximate surface area is 301 Å². The van der Waals surface area contributed by atoms with Gasteiger partial charge in [-0.1, -0.05) is 60.8 Å². The minimum atomic E-state index is -0.897. The minimum absolute atomic E-state index is 0.0168. The summed E-state index contributed by atoms with van der Waals surface area (Å²) in [4.78, 5) is 15.5. The van der Waals surface area contributed by atoms with Crippen molar-refractivity contribution >= 4 is 17.6 Å². The van der Waals surface area contributed by atoms with Gasteiger partial charge < -0.3 is 38.8 Å². The molecule has 7 rings (SSSR count). The van der Waals surface area contributed by atoms with Gasteiger partial charge in [0, 0.05) is 30.6 Å². The standard InChI is InChI=1S/C38H44N4O8S/c1-24(2)17-42(18-27-7-12-34-35(16-27)49-23-48-34)19-33(43)31(39-38(44)50-36-21-47-37-30(36)13-14-45-37)15-25-5-10-29(11-6-25)46-20-26-3-8-28(9-4-26)32-22-51-41-40-32/h3-12,16,22,24,30-31,33,36-37,43H,13-15,17-21,23H2,1-2H3,(H,39,44)/t30-,31-,33+,36-,37+/m0/s1. The maximum absolute atomic E-state index is 13.3. The molecule has 13 heteroatoms. The van der Waals surface area contributed by atoms with Crippen molar-refractivity contribution in [2.24, 2.45) is 11.8 Å². The number of aromatic nitrogens is 2. The van der Waals surface area contributed by atoms with Crippen LogP contribution in [0.15, 0.2) is 72.1 Å². The lowest BCUT2D eigenvalue weighted by Gasteiger charge is -2.31. The van der Waals surface area contributed by atoms with E-state index >= 15 is 0 Å². The van der Waals surface area contributed by atoms with E-state index < -0.39 is 24.3 Å². The molecule has 51 heavy (non-hydrogen) atoms. The number of alkyl carbamates (subject to hydrolysis) is 1. The van der Waals surface area contributed by atoms with Crippen LogP contribution >= 0.6 is 11.5 Å². The molecule has 0 bridgehead atoms. The molecule has 0 unspecified atom stereocenters. The van der Waals surface area contributed by atoms with Crippen LogP contribution in [-0.2, 0) is 33.8 Å². The summed E-state index contributed by atoms with van der Waals surface area (Å²) in [5.74, 6) is 2.55. The highest BCUT2D eigenvalue weighted by atomic mass is 32.1. The molecular weight excluding hydrogens is 673 g/mol. The zero-order valence-corrected chi connectivity index (χ0v) is 29.6. The van der Waals surface area contributed by atoms with Gasteiger partial charge in [0.2, 0.25) is 6.79 Å². The van der Waals surface area contributed by atoms with Crippen molar-refractivity contribution in [3.8, 4) is 28.5 Å². The van der Waals surface area contributed by atoms with Crippen LogP contribution in [0.4, 0.5) is 4.79 Å². The number of nitrogens with zero attached hydrogens (tertiary/aromatic N) is 3. The molecule has 0 aliphatic carbocycles. The lowest BCUT2D eigenvalue weighted by atomic mass is 10.00. The van der Waals surface area contributed by atoms with Gasteiger partial charge in [-0.15, -0.1) is 5.10 Å². The monoisotopic (exact) mass is 716 g/mol. The minimum Gasteiger partial charge on any atom is -0.489 e. The maximum Gasteiger partial charge on any atom is 0.407 e. The van der Waals surface area contributed by atoms with Gasteiger partial charge in [0.1, 0.15) is 24.2 Å². The van der Waals surface area contributed by atoms with Crippen molar-refractivity contribution in [2.75, 3.05) is 33.1 Å². The van der Waals surface area contributed by atoms with E-state index in [1.54, 1.807) is 0 Å². The molecule has 5 atom stereocenters. The molecular formula is C38H44N4O8S. The van der Waals surface area contributed by atoms with Crippen LogP contribution in [0.5, 0.6) is 17.2 Å². The summed E-state index contributed by atoms with van der Waals surface area (Å²) in [6, 6.07) is 21.1. The van der Waals surface area contributed by atoms with E-state index in [2.05, 4.69) is 33.7 Å². The first-order valence-corrected chi connectivity index (χ1v) is 18.3. The number of carbonyl (C=O) groups is 1. The van der Waals surface area contributed by atoms with E-state index in [0.29, 0.717) is 45.2 Å². The van der Waals surface area contributed by atoms with Crippen LogP contribution in [0.1, 0.15) is 37.0 Å². The molecule has 1 aromatic heterocycles. The maximum atomic E-state index is 13.3. The van der Waals surface area contributed by atoms with E-state index in [1.165, 1.54) is 11.5 Å². The molecule has 1 amide bonds. The highest BCUT2D eigenvalue weighted by Gasteiger charge is 2.44. The molecule has 3 aliphatic heterocycles. The zero-order valence-electron chi connectivity index (χ0n) is 28.8. The van der Waals surface area contributed by atoms with Crippen LogP contribution in [0.3, 0.4) is 0 Å². The van der Waals surface area contributed by atoms with E-state index in [4.69, 9.17) is 28.4 Å². The average Bonchev–Trinajstić information content (AvgIpc) is 3.95. The third-order valence-corrected chi connectivity index (χ3v) is 9.82. The Kier molecular flexibility index (Phi) is 11.3. The second-order valence-corrected chi connectivity index (χ2v) is 14.3. The molecule has 270 valence electrons. The van der Waals surface area contributed by atoms with E-state index in [1.807, 2.05) is 72.1 Å². The van der Waals surface area contributed by atoms with Crippen molar-refractivity contribution in [1.29, 1.82) is 0 Å². The van der Waals surface area contributed by atoms with Gasteiger partial charge in [0.05, 0.1) is 31.3 Å². The van der Waals surface area contributed by atoms with Crippen molar-refractivity contribution in [2.45, 2.75) is 64.4 Å². The molecule has 0 radical (unpaired) electrons. The molecule has 0 saturated carbocycles. The third-order valence-electron chi connectivity index (χ3n) is 9.32. The fourth-order valence-electron chi connectivity index (χ4n) is 6.77. The summed E-state index contributed by atoms with van der Waals surface area (Å²) in [7, 11) is 0. The molecule has 3 aliphatic rings. The highest BCUT2D eigenvalue weighted by Crippen LogP contribution is 2.34. The molecule has 3 aromatic carbocycles. The predicted molar refractivity (Wildman–Crippen MR) is 190 cm³/mol. The number of nitrogens with one attached hydrogen (secondary N) is 1. The quantitative estimate of drug-likeness (QED) is 0.163. The number of carbonyl (C=O) groups excluding carboxylic acids is 1. The molecule has 0 spiro atoms. The zero-order chi connectivity index (χ0) is 35.2. The summed E-state index contributed by atoms with van der Waals surface area (Å²) in [5.41, 5.74) is 4.89.